The Labute approximate surface area is 58.4 Å². The van der Waals surface area contributed by atoms with Crippen LogP contribution in [0.2, 0.25) is 12.1 Å². The highest BCUT2D eigenvalue weighted by molar-refractivity contribution is 6.84. The topological polar surface area (TPSA) is 20.2 Å². The molecule has 0 aliphatic heterocycles. The van der Waals surface area contributed by atoms with Gasteiger partial charge in [-0.3, -0.25) is 0 Å². The van der Waals surface area contributed by atoms with Crippen molar-refractivity contribution in [2.24, 2.45) is 0 Å². The summed E-state index contributed by atoms with van der Waals surface area (Å²) in [4.78, 5) is 0. The van der Waals surface area contributed by atoms with E-state index in [0.29, 0.717) is 6.23 Å². The van der Waals surface area contributed by atoms with Crippen molar-refractivity contribution in [2.45, 2.75) is 25.9 Å². The van der Waals surface area contributed by atoms with E-state index in [4.69, 9.17) is 5.11 Å². The first-order valence-corrected chi connectivity index (χ1v) is 6.19. The maximum absolute atomic E-state index is 8.97. The van der Waals surface area contributed by atoms with Crippen molar-refractivity contribution in [2.75, 3.05) is 6.23 Å². The average molecular weight is 144 g/mol. The summed E-state index contributed by atoms with van der Waals surface area (Å²) in [5.41, 5.74) is 1.99. The molecule has 1 nitrogen and oxygen atoms in total. The number of rotatable bonds is 4. The van der Waals surface area contributed by atoms with Crippen LogP contribution < -0.4 is 0 Å². The van der Waals surface area contributed by atoms with E-state index in [1.807, 2.05) is 5.70 Å². The van der Waals surface area contributed by atoms with Crippen LogP contribution in [0.15, 0.2) is 12.3 Å². The molecule has 0 atom stereocenters. The number of hydrogen-bond donors (Lipinski definition) is 1. The van der Waals surface area contributed by atoms with E-state index in [2.05, 4.69) is 20.4 Å². The first-order chi connectivity index (χ1) is 4.24. The molecule has 0 aromatic carbocycles. The number of aliphatic hydroxyl groups is 1. The second-order valence-electron chi connectivity index (χ2n) is 2.43. The molecule has 0 rings (SSSR count). The molecule has 0 aliphatic rings. The molecule has 54 valence electrons. The van der Waals surface area contributed by atoms with Gasteiger partial charge in [0.1, 0.15) is 8.07 Å². The van der Waals surface area contributed by atoms with Crippen molar-refractivity contribution in [1.82, 2.24) is 0 Å². The summed E-state index contributed by atoms with van der Waals surface area (Å²) in [6, 6.07) is 2.23. The van der Waals surface area contributed by atoms with Gasteiger partial charge in [-0.05, 0) is 0 Å². The zero-order chi connectivity index (χ0) is 7.33. The lowest BCUT2D eigenvalue weighted by Crippen LogP contribution is -2.34. The summed E-state index contributed by atoms with van der Waals surface area (Å²) in [6.07, 6.45) is 0.365. The quantitative estimate of drug-likeness (QED) is 0.596. The second-order valence-corrected chi connectivity index (χ2v) is 7.30. The largest absolute Gasteiger partial charge is 0.399 e. The Morgan fingerprint density at radius 1 is 1.44 bits per heavy atom. The SMILES string of the molecule is C=C[Si](CC)(CC)CO. The first-order valence-electron chi connectivity index (χ1n) is 3.49. The van der Waals surface area contributed by atoms with Gasteiger partial charge in [0.2, 0.25) is 0 Å². The van der Waals surface area contributed by atoms with E-state index in [1.54, 1.807) is 0 Å². The summed E-state index contributed by atoms with van der Waals surface area (Å²) >= 11 is 0. The molecule has 9 heavy (non-hydrogen) atoms. The highest BCUT2D eigenvalue weighted by Gasteiger charge is 2.23. The molecule has 0 radical (unpaired) electrons. The minimum Gasteiger partial charge on any atom is -0.399 e. The molecule has 0 saturated heterocycles. The minimum atomic E-state index is -1.37. The van der Waals surface area contributed by atoms with Gasteiger partial charge in [-0.2, -0.15) is 0 Å². The molecule has 1 N–H and O–H groups in total. The number of aliphatic hydroxyl groups excluding tert-OH is 1. The lowest BCUT2D eigenvalue weighted by molar-refractivity contribution is 0.358. The normalized spacial score (nSPS) is 11.4. The zero-order valence-corrected chi connectivity index (χ0v) is 7.35. The van der Waals surface area contributed by atoms with Crippen LogP contribution in [-0.2, 0) is 0 Å². The predicted octanol–water partition coefficient (Wildman–Crippen LogP) is 1.73. The lowest BCUT2D eigenvalue weighted by atomic mass is 10.9. The molecule has 0 unspecified atom stereocenters. The molecule has 0 fully saturated rings. The maximum atomic E-state index is 8.97. The Hall–Kier alpha value is -0.0831. The second kappa shape index (κ2) is 3.85. The van der Waals surface area contributed by atoms with Crippen LogP contribution in [0.25, 0.3) is 0 Å². The molecule has 0 spiro atoms. The summed E-state index contributed by atoms with van der Waals surface area (Å²) in [6.45, 7) is 8.01. The van der Waals surface area contributed by atoms with E-state index in [1.165, 1.54) is 0 Å². The van der Waals surface area contributed by atoms with E-state index in [9.17, 15) is 0 Å². The summed E-state index contributed by atoms with van der Waals surface area (Å²) in [7, 11) is -1.37. The Bertz CT molecular complexity index is 78.7. The van der Waals surface area contributed by atoms with Crippen LogP contribution in [0, 0.1) is 0 Å². The van der Waals surface area contributed by atoms with E-state index in [0.717, 1.165) is 12.1 Å². The smallest absolute Gasteiger partial charge is 0.105 e. The van der Waals surface area contributed by atoms with Crippen LogP contribution in [0.5, 0.6) is 0 Å². The highest BCUT2D eigenvalue weighted by atomic mass is 28.3. The molecule has 2 heteroatoms. The number of hydrogen-bond acceptors (Lipinski definition) is 1. The molecule has 0 heterocycles. The van der Waals surface area contributed by atoms with Crippen LogP contribution in [0.3, 0.4) is 0 Å². The third kappa shape index (κ3) is 1.95. The van der Waals surface area contributed by atoms with Gasteiger partial charge in [0, 0.05) is 6.23 Å². The van der Waals surface area contributed by atoms with E-state index in [-0.39, 0.29) is 0 Å². The van der Waals surface area contributed by atoms with Crippen LogP contribution in [0.4, 0.5) is 0 Å². The summed E-state index contributed by atoms with van der Waals surface area (Å²) in [5, 5.41) is 8.97. The third-order valence-electron chi connectivity index (χ3n) is 2.16. The van der Waals surface area contributed by atoms with Crippen molar-refractivity contribution in [3.63, 3.8) is 0 Å². The maximum Gasteiger partial charge on any atom is 0.105 e. The van der Waals surface area contributed by atoms with Gasteiger partial charge in [0.25, 0.3) is 0 Å². The van der Waals surface area contributed by atoms with Gasteiger partial charge in [0.15, 0.2) is 0 Å². The highest BCUT2D eigenvalue weighted by Crippen LogP contribution is 2.14. The average Bonchev–Trinajstić information content (AvgIpc) is 1.95. The molecule has 0 bridgehead atoms. The van der Waals surface area contributed by atoms with Crippen molar-refractivity contribution in [1.29, 1.82) is 0 Å². The van der Waals surface area contributed by atoms with Crippen LogP contribution in [0.1, 0.15) is 13.8 Å². The van der Waals surface area contributed by atoms with Crippen molar-refractivity contribution in [3.05, 3.63) is 12.3 Å². The lowest BCUT2D eigenvalue weighted by Gasteiger charge is -2.21. The molecule has 0 amide bonds. The Balaban J connectivity index is 3.98. The predicted molar refractivity (Wildman–Crippen MR) is 44.0 cm³/mol. The summed E-state index contributed by atoms with van der Waals surface area (Å²) < 4.78 is 0. The van der Waals surface area contributed by atoms with Gasteiger partial charge in [-0.15, -0.1) is 6.58 Å². The summed E-state index contributed by atoms with van der Waals surface area (Å²) in [5.74, 6) is 0. The minimum absolute atomic E-state index is 0.365. The fourth-order valence-corrected chi connectivity index (χ4v) is 2.48. The molecule has 0 aromatic rings. The van der Waals surface area contributed by atoms with Crippen molar-refractivity contribution >= 4 is 8.07 Å². The fraction of sp³-hybridized carbons (Fsp3) is 0.714. The molecule has 0 aliphatic carbocycles. The molecule has 0 aromatic heterocycles. The molecular weight excluding hydrogens is 128 g/mol. The molecule has 0 saturated carbocycles. The Kier molecular flexibility index (Phi) is 3.82. The van der Waals surface area contributed by atoms with E-state index >= 15 is 0 Å². The fourth-order valence-electron chi connectivity index (χ4n) is 0.827. The Morgan fingerprint density at radius 3 is 1.89 bits per heavy atom. The van der Waals surface area contributed by atoms with Gasteiger partial charge in [-0.1, -0.05) is 31.6 Å². The molecular formula is C7H16OSi. The van der Waals surface area contributed by atoms with Crippen molar-refractivity contribution < 1.29 is 5.11 Å². The Morgan fingerprint density at radius 2 is 1.89 bits per heavy atom. The monoisotopic (exact) mass is 144 g/mol. The van der Waals surface area contributed by atoms with Gasteiger partial charge >= 0.3 is 0 Å². The zero-order valence-electron chi connectivity index (χ0n) is 6.35. The third-order valence-corrected chi connectivity index (χ3v) is 6.47. The van der Waals surface area contributed by atoms with Gasteiger partial charge < -0.3 is 5.11 Å². The van der Waals surface area contributed by atoms with Crippen LogP contribution in [-0.4, -0.2) is 19.4 Å². The van der Waals surface area contributed by atoms with Gasteiger partial charge in [0.05, 0.1) is 0 Å². The van der Waals surface area contributed by atoms with Crippen molar-refractivity contribution in [3.8, 4) is 0 Å². The van der Waals surface area contributed by atoms with E-state index < -0.39 is 8.07 Å². The standard InChI is InChI=1S/C7H16OSi/c1-4-9(5-2,6-3)7-8/h4,8H,1,5-7H2,2-3H3. The van der Waals surface area contributed by atoms with Crippen LogP contribution >= 0.6 is 0 Å². The first kappa shape index (κ1) is 8.92. The van der Waals surface area contributed by atoms with Gasteiger partial charge in [-0.25, -0.2) is 0 Å².